The number of terminal acetylenes is 1. The number of para-hydroxylation sites is 1. The number of piperidine rings is 1. The third-order valence-corrected chi connectivity index (χ3v) is 9.29. The van der Waals surface area contributed by atoms with Gasteiger partial charge in [-0.25, -0.2) is 13.2 Å². The first-order valence-electron chi connectivity index (χ1n) is 10.1. The lowest BCUT2D eigenvalue weighted by atomic mass is 9.97. The molecule has 2 saturated heterocycles. The summed E-state index contributed by atoms with van der Waals surface area (Å²) >= 11 is 0. The molecule has 3 atom stereocenters. The van der Waals surface area contributed by atoms with E-state index in [-0.39, 0.29) is 23.9 Å². The number of carbonyl (C=O) groups excluding carboxylic acids is 1. The number of likely N-dealkylation sites (tertiary alicyclic amines) is 1. The van der Waals surface area contributed by atoms with Crippen LogP contribution in [-0.4, -0.2) is 68.5 Å². The van der Waals surface area contributed by atoms with Crippen molar-refractivity contribution in [2.75, 3.05) is 19.7 Å². The molecule has 0 N–H and O–H groups in total. The van der Waals surface area contributed by atoms with Crippen molar-refractivity contribution in [3.05, 3.63) is 34.4 Å². The molecule has 3 rings (SSSR count). The molecule has 0 unspecified atom stereocenters. The number of ether oxygens (including phenoxy) is 1. The zero-order valence-corrected chi connectivity index (χ0v) is 19.7. The second kappa shape index (κ2) is 8.61. The molecule has 1 amide bonds. The molecule has 2 aliphatic rings. The first kappa shape index (κ1) is 23.2. The van der Waals surface area contributed by atoms with Crippen molar-refractivity contribution in [1.82, 2.24) is 9.21 Å². The van der Waals surface area contributed by atoms with E-state index in [1.165, 1.54) is 27.4 Å². The van der Waals surface area contributed by atoms with E-state index < -0.39 is 46.9 Å². The van der Waals surface area contributed by atoms with E-state index in [1.54, 1.807) is 0 Å². The van der Waals surface area contributed by atoms with Crippen LogP contribution in [0, 0.1) is 28.4 Å². The lowest BCUT2D eigenvalue weighted by molar-refractivity contribution is -0.387. The Labute approximate surface area is 183 Å². The van der Waals surface area contributed by atoms with Crippen molar-refractivity contribution in [2.24, 2.45) is 5.92 Å². The van der Waals surface area contributed by atoms with E-state index in [1.807, 2.05) is 0 Å². The molecule has 9 nitrogen and oxygen atoms in total. The Hall–Kier alpha value is -2.42. The quantitative estimate of drug-likeness (QED) is 0.276. The monoisotopic (exact) mass is 465 g/mol. The van der Waals surface area contributed by atoms with Crippen molar-refractivity contribution in [3.8, 4) is 12.3 Å². The van der Waals surface area contributed by atoms with Crippen molar-refractivity contribution < 1.29 is 22.9 Å². The normalized spacial score (nSPS) is 23.9. The Morgan fingerprint density at radius 3 is 2.61 bits per heavy atom. The molecule has 0 aliphatic carbocycles. The summed E-state index contributed by atoms with van der Waals surface area (Å²) in [5.41, 5.74) is -0.475. The van der Waals surface area contributed by atoms with Gasteiger partial charge in [-0.3, -0.25) is 15.0 Å². The van der Waals surface area contributed by atoms with Crippen molar-refractivity contribution in [3.63, 3.8) is 0 Å². The molecule has 0 spiro atoms. The molecule has 11 heteroatoms. The molecule has 2 fully saturated rings. The highest BCUT2D eigenvalue weighted by Crippen LogP contribution is 2.38. The smallest absolute Gasteiger partial charge is 0.411 e. The number of hydrogen-bond donors (Lipinski definition) is 0. The fraction of sp³-hybridized carbons (Fsp3) is 0.550. The van der Waals surface area contributed by atoms with Crippen LogP contribution in [0.25, 0.3) is 0 Å². The van der Waals surface area contributed by atoms with Crippen LogP contribution < -0.4 is 0 Å². The van der Waals surface area contributed by atoms with Crippen LogP contribution in [0.3, 0.4) is 0 Å². The van der Waals surface area contributed by atoms with Crippen LogP contribution in [0.4, 0.5) is 10.5 Å². The Balaban J connectivity index is 1.82. The highest BCUT2D eigenvalue weighted by atomic mass is 32.2. The number of carbonyl (C=O) groups is 1. The maximum Gasteiger partial charge on any atom is 0.411 e. The van der Waals surface area contributed by atoms with E-state index in [0.29, 0.717) is 13.0 Å². The number of hydrogen-bond acceptors (Lipinski definition) is 6. The van der Waals surface area contributed by atoms with Gasteiger partial charge in [-0.2, -0.15) is 4.31 Å². The maximum atomic E-state index is 13.2. The number of nitro benzene ring substituents is 1. The predicted octanol–water partition coefficient (Wildman–Crippen LogP) is 2.77. The zero-order valence-electron chi connectivity index (χ0n) is 17.9. The van der Waals surface area contributed by atoms with E-state index in [0.717, 1.165) is 12.1 Å². The van der Waals surface area contributed by atoms with Gasteiger partial charge >= 0.3 is 6.09 Å². The zero-order chi connectivity index (χ0) is 23.0. The van der Waals surface area contributed by atoms with Gasteiger partial charge in [0.2, 0.25) is 10.0 Å². The molecular formula is C20H27N3O6SSi. The number of nitro groups is 1. The maximum absolute atomic E-state index is 13.2. The summed E-state index contributed by atoms with van der Waals surface area (Å²) in [4.78, 5) is 24.5. The average molecular weight is 466 g/mol. The number of benzene rings is 1. The highest BCUT2D eigenvalue weighted by molar-refractivity contribution is 7.89. The van der Waals surface area contributed by atoms with Gasteiger partial charge < -0.3 is 4.74 Å². The van der Waals surface area contributed by atoms with Crippen LogP contribution in [0.2, 0.25) is 25.7 Å². The summed E-state index contributed by atoms with van der Waals surface area (Å²) in [6, 6.07) is 5.07. The lowest BCUT2D eigenvalue weighted by Gasteiger charge is -2.31. The fourth-order valence-corrected chi connectivity index (χ4v) is 6.52. The van der Waals surface area contributed by atoms with Crippen LogP contribution in [0.1, 0.15) is 6.42 Å². The molecule has 2 aliphatic heterocycles. The number of rotatable bonds is 6. The topological polar surface area (TPSA) is 110 Å². The van der Waals surface area contributed by atoms with Gasteiger partial charge in [0.05, 0.1) is 17.6 Å². The van der Waals surface area contributed by atoms with Crippen LogP contribution in [-0.2, 0) is 14.8 Å². The Morgan fingerprint density at radius 2 is 2.00 bits per heavy atom. The van der Waals surface area contributed by atoms with Gasteiger partial charge in [0.25, 0.3) is 5.69 Å². The second-order valence-corrected chi connectivity index (χ2v) is 16.7. The molecule has 1 aromatic carbocycles. The third-order valence-electron chi connectivity index (χ3n) is 5.71. The first-order chi connectivity index (χ1) is 14.5. The molecule has 0 saturated carbocycles. The summed E-state index contributed by atoms with van der Waals surface area (Å²) in [6.45, 7) is 6.96. The van der Waals surface area contributed by atoms with Crippen molar-refractivity contribution in [1.29, 1.82) is 0 Å². The molecule has 2 heterocycles. The minimum atomic E-state index is -4.13. The summed E-state index contributed by atoms with van der Waals surface area (Å²) < 4.78 is 33.1. The van der Waals surface area contributed by atoms with Crippen molar-refractivity contribution in [2.45, 2.75) is 49.1 Å². The Kier molecular flexibility index (Phi) is 6.45. The van der Waals surface area contributed by atoms with E-state index >= 15 is 0 Å². The van der Waals surface area contributed by atoms with E-state index in [4.69, 9.17) is 11.2 Å². The highest BCUT2D eigenvalue weighted by Gasteiger charge is 2.51. The molecule has 1 aromatic rings. The summed E-state index contributed by atoms with van der Waals surface area (Å²) in [7, 11) is -5.51. The van der Waals surface area contributed by atoms with E-state index in [9.17, 15) is 23.3 Å². The predicted molar refractivity (Wildman–Crippen MR) is 118 cm³/mol. The molecule has 0 aromatic heterocycles. The third kappa shape index (κ3) is 4.76. The summed E-state index contributed by atoms with van der Waals surface area (Å²) in [6.07, 6.45) is 5.74. The Bertz CT molecular complexity index is 1020. The Morgan fingerprint density at radius 1 is 1.32 bits per heavy atom. The number of amides is 1. The first-order valence-corrected chi connectivity index (χ1v) is 15.2. The van der Waals surface area contributed by atoms with Gasteiger partial charge in [-0.1, -0.05) is 37.7 Å². The van der Waals surface area contributed by atoms with Crippen LogP contribution in [0.5, 0.6) is 0 Å². The second-order valence-electron chi connectivity index (χ2n) is 9.14. The number of sulfonamides is 1. The van der Waals surface area contributed by atoms with Gasteiger partial charge in [0.1, 0.15) is 6.04 Å². The van der Waals surface area contributed by atoms with Crippen molar-refractivity contribution >= 4 is 29.9 Å². The van der Waals surface area contributed by atoms with Gasteiger partial charge in [-0.05, 0) is 18.5 Å². The van der Waals surface area contributed by atoms with Gasteiger partial charge in [0, 0.05) is 33.1 Å². The fourth-order valence-electron chi connectivity index (χ4n) is 4.11. The molecule has 168 valence electrons. The lowest BCUT2D eigenvalue weighted by Crippen LogP contribution is -2.47. The van der Waals surface area contributed by atoms with Gasteiger partial charge in [0.15, 0.2) is 4.90 Å². The van der Waals surface area contributed by atoms with Crippen LogP contribution >= 0.6 is 0 Å². The minimum Gasteiger partial charge on any atom is -0.450 e. The SMILES string of the molecule is C#C[C@H]1[C@H]2C[C@H](CN(S(=O)(=O)c3ccccc3[N+](=O)[O-])C2)N1C(=O)OCC[Si](C)(C)C. The van der Waals surface area contributed by atoms with E-state index in [2.05, 4.69) is 25.6 Å². The molecular weight excluding hydrogens is 438 g/mol. The van der Waals surface area contributed by atoms with Crippen LogP contribution in [0.15, 0.2) is 29.2 Å². The minimum absolute atomic E-state index is 0.0200. The summed E-state index contributed by atoms with van der Waals surface area (Å²) in [5, 5.41) is 11.3. The summed E-state index contributed by atoms with van der Waals surface area (Å²) in [5.74, 6) is 2.36. The largest absolute Gasteiger partial charge is 0.450 e. The standard InChI is InChI=1S/C20H27N3O6SSi/c1-5-17-15-12-16(22(17)20(24)29-10-11-31(2,3)4)14-21(13-15)30(27,28)19-9-7-6-8-18(19)23(25)26/h1,6-9,15-17H,10-14H2,2-4H3/t15-,16+,17-/m0/s1. The average Bonchev–Trinajstić information content (AvgIpc) is 2.95. The number of nitrogens with zero attached hydrogens (tertiary/aromatic N) is 3. The molecule has 0 radical (unpaired) electrons. The van der Waals surface area contributed by atoms with Gasteiger partial charge in [-0.15, -0.1) is 6.42 Å². The molecule has 2 bridgehead atoms. The molecule has 31 heavy (non-hydrogen) atoms. The number of fused-ring (bicyclic) bond motifs is 2.